The fraction of sp³-hybridized carbons (Fsp3) is 0.917. The van der Waals surface area contributed by atoms with Gasteiger partial charge in [-0.25, -0.2) is 0 Å². The van der Waals surface area contributed by atoms with Crippen LogP contribution in [0.3, 0.4) is 0 Å². The summed E-state index contributed by atoms with van der Waals surface area (Å²) in [6.07, 6.45) is 0.774. The van der Waals surface area contributed by atoms with E-state index in [4.69, 9.17) is 14.2 Å². The number of carbonyl (C=O) groups is 1. The lowest BCUT2D eigenvalue weighted by atomic mass is 10.2. The normalized spacial score (nSPS) is 12.4. The second-order valence-electron chi connectivity index (χ2n) is 3.76. The van der Waals surface area contributed by atoms with Gasteiger partial charge in [0.05, 0.1) is 39.1 Å². The number of hydrogen-bond acceptors (Lipinski definition) is 5. The van der Waals surface area contributed by atoms with Gasteiger partial charge in [-0.15, -0.1) is 0 Å². The van der Waals surface area contributed by atoms with Gasteiger partial charge >= 0.3 is 0 Å². The van der Waals surface area contributed by atoms with Crippen molar-refractivity contribution in [3.63, 3.8) is 0 Å². The van der Waals surface area contributed by atoms with Crippen LogP contribution < -0.4 is 10.6 Å². The van der Waals surface area contributed by atoms with Gasteiger partial charge in [0.25, 0.3) is 0 Å². The summed E-state index contributed by atoms with van der Waals surface area (Å²) in [6.45, 7) is 5.24. The van der Waals surface area contributed by atoms with E-state index in [-0.39, 0.29) is 11.9 Å². The van der Waals surface area contributed by atoms with Crippen molar-refractivity contribution in [1.29, 1.82) is 0 Å². The molecule has 0 aromatic heterocycles. The van der Waals surface area contributed by atoms with Crippen LogP contribution in [0.4, 0.5) is 0 Å². The number of likely N-dealkylation sites (N-methyl/N-ethyl adjacent to an activating group) is 1. The molecule has 6 heteroatoms. The SMILES string of the molecule is CC[C@H](NC)C(=O)NCCOCCOCCOC. The molecule has 0 bridgehead atoms. The second-order valence-corrected chi connectivity index (χ2v) is 3.76. The zero-order chi connectivity index (χ0) is 13.6. The van der Waals surface area contributed by atoms with Crippen LogP contribution in [-0.2, 0) is 19.0 Å². The summed E-state index contributed by atoms with van der Waals surface area (Å²) in [4.78, 5) is 11.5. The largest absolute Gasteiger partial charge is 0.382 e. The Bertz CT molecular complexity index is 199. The van der Waals surface area contributed by atoms with Gasteiger partial charge in [0, 0.05) is 13.7 Å². The number of hydrogen-bond donors (Lipinski definition) is 2. The Morgan fingerprint density at radius 1 is 1.11 bits per heavy atom. The molecular weight excluding hydrogens is 236 g/mol. The van der Waals surface area contributed by atoms with E-state index in [0.717, 1.165) is 6.42 Å². The molecule has 1 atom stereocenters. The Morgan fingerprint density at radius 3 is 2.28 bits per heavy atom. The summed E-state index contributed by atoms with van der Waals surface area (Å²) in [6, 6.07) is -0.123. The van der Waals surface area contributed by atoms with E-state index in [1.807, 2.05) is 6.92 Å². The maximum atomic E-state index is 11.5. The van der Waals surface area contributed by atoms with Crippen molar-refractivity contribution < 1.29 is 19.0 Å². The molecule has 0 aliphatic rings. The molecule has 0 rings (SSSR count). The Hall–Kier alpha value is -0.690. The van der Waals surface area contributed by atoms with Crippen molar-refractivity contribution in [2.45, 2.75) is 19.4 Å². The molecule has 0 aliphatic carbocycles. The number of carbonyl (C=O) groups excluding carboxylic acids is 1. The van der Waals surface area contributed by atoms with Crippen LogP contribution in [0.2, 0.25) is 0 Å². The smallest absolute Gasteiger partial charge is 0.237 e. The lowest BCUT2D eigenvalue weighted by Gasteiger charge is -2.13. The Kier molecular flexibility index (Phi) is 12.3. The molecule has 6 nitrogen and oxygen atoms in total. The first-order valence-corrected chi connectivity index (χ1v) is 6.35. The molecule has 0 aliphatic heterocycles. The van der Waals surface area contributed by atoms with Crippen LogP contribution >= 0.6 is 0 Å². The molecule has 18 heavy (non-hydrogen) atoms. The van der Waals surface area contributed by atoms with Crippen LogP contribution in [-0.4, -0.2) is 65.7 Å². The van der Waals surface area contributed by atoms with E-state index < -0.39 is 0 Å². The van der Waals surface area contributed by atoms with Crippen molar-refractivity contribution in [3.05, 3.63) is 0 Å². The third-order valence-electron chi connectivity index (χ3n) is 2.42. The maximum absolute atomic E-state index is 11.5. The van der Waals surface area contributed by atoms with Gasteiger partial charge in [-0.1, -0.05) is 6.92 Å². The highest BCUT2D eigenvalue weighted by molar-refractivity contribution is 5.81. The van der Waals surface area contributed by atoms with Crippen molar-refractivity contribution in [3.8, 4) is 0 Å². The van der Waals surface area contributed by atoms with E-state index in [9.17, 15) is 4.79 Å². The van der Waals surface area contributed by atoms with Gasteiger partial charge in [-0.3, -0.25) is 4.79 Å². The number of methoxy groups -OCH3 is 1. The van der Waals surface area contributed by atoms with Gasteiger partial charge in [0.2, 0.25) is 5.91 Å². The molecule has 0 spiro atoms. The highest BCUT2D eigenvalue weighted by Gasteiger charge is 2.12. The first-order valence-electron chi connectivity index (χ1n) is 6.35. The Labute approximate surface area is 109 Å². The van der Waals surface area contributed by atoms with E-state index >= 15 is 0 Å². The highest BCUT2D eigenvalue weighted by Crippen LogP contribution is 1.88. The third-order valence-corrected chi connectivity index (χ3v) is 2.42. The second kappa shape index (κ2) is 12.8. The average molecular weight is 262 g/mol. The molecule has 0 radical (unpaired) electrons. The minimum atomic E-state index is -0.123. The molecule has 0 saturated carbocycles. The first-order chi connectivity index (χ1) is 8.76. The lowest BCUT2D eigenvalue weighted by Crippen LogP contribution is -2.43. The molecule has 0 aromatic carbocycles. The molecule has 0 fully saturated rings. The van der Waals surface area contributed by atoms with E-state index in [0.29, 0.717) is 39.6 Å². The van der Waals surface area contributed by atoms with Gasteiger partial charge in [0.1, 0.15) is 0 Å². The fourth-order valence-corrected chi connectivity index (χ4v) is 1.35. The summed E-state index contributed by atoms with van der Waals surface area (Å²) in [5.41, 5.74) is 0. The number of rotatable bonds is 12. The molecule has 1 amide bonds. The van der Waals surface area contributed by atoms with Crippen molar-refractivity contribution in [2.24, 2.45) is 0 Å². The summed E-state index contributed by atoms with van der Waals surface area (Å²) < 4.78 is 15.4. The van der Waals surface area contributed by atoms with Crippen molar-refractivity contribution >= 4 is 5.91 Å². The summed E-state index contributed by atoms with van der Waals surface area (Å²) >= 11 is 0. The fourth-order valence-electron chi connectivity index (χ4n) is 1.35. The summed E-state index contributed by atoms with van der Waals surface area (Å²) in [5, 5.41) is 5.76. The topological polar surface area (TPSA) is 68.8 Å². The standard InChI is InChI=1S/C12H26N2O4/c1-4-11(13-2)12(15)14-5-6-17-9-10-18-8-7-16-3/h11,13H,4-10H2,1-3H3,(H,14,15)/t11-/m0/s1. The molecule has 2 N–H and O–H groups in total. The van der Waals surface area contributed by atoms with Crippen LogP contribution in [0.25, 0.3) is 0 Å². The van der Waals surface area contributed by atoms with E-state index in [2.05, 4.69) is 10.6 Å². The number of nitrogens with one attached hydrogen (secondary N) is 2. The van der Waals surface area contributed by atoms with Crippen LogP contribution in [0.15, 0.2) is 0 Å². The predicted octanol–water partition coefficient (Wildman–Crippen LogP) is -0.220. The molecule has 0 heterocycles. The summed E-state index contributed by atoms with van der Waals surface area (Å²) in [5.74, 6) is 0.0138. The van der Waals surface area contributed by atoms with Crippen LogP contribution in [0.5, 0.6) is 0 Å². The molecule has 0 aromatic rings. The van der Waals surface area contributed by atoms with E-state index in [1.54, 1.807) is 14.2 Å². The van der Waals surface area contributed by atoms with Crippen molar-refractivity contribution in [2.75, 3.05) is 53.7 Å². The van der Waals surface area contributed by atoms with Crippen LogP contribution in [0, 0.1) is 0 Å². The quantitative estimate of drug-likeness (QED) is 0.476. The lowest BCUT2D eigenvalue weighted by molar-refractivity contribution is -0.123. The molecule has 108 valence electrons. The van der Waals surface area contributed by atoms with Crippen LogP contribution in [0.1, 0.15) is 13.3 Å². The number of ether oxygens (including phenoxy) is 3. The molecule has 0 saturated heterocycles. The van der Waals surface area contributed by atoms with Gasteiger partial charge < -0.3 is 24.8 Å². The van der Waals surface area contributed by atoms with Gasteiger partial charge in [-0.2, -0.15) is 0 Å². The Morgan fingerprint density at radius 2 is 1.72 bits per heavy atom. The monoisotopic (exact) mass is 262 g/mol. The molecular formula is C12H26N2O4. The minimum Gasteiger partial charge on any atom is -0.382 e. The predicted molar refractivity (Wildman–Crippen MR) is 69.7 cm³/mol. The van der Waals surface area contributed by atoms with E-state index in [1.165, 1.54) is 0 Å². The number of amides is 1. The van der Waals surface area contributed by atoms with Gasteiger partial charge in [-0.05, 0) is 13.5 Å². The highest BCUT2D eigenvalue weighted by atomic mass is 16.5. The third kappa shape index (κ3) is 9.35. The van der Waals surface area contributed by atoms with Crippen molar-refractivity contribution in [1.82, 2.24) is 10.6 Å². The van der Waals surface area contributed by atoms with Gasteiger partial charge in [0.15, 0.2) is 0 Å². The summed E-state index contributed by atoms with van der Waals surface area (Å²) in [7, 11) is 3.42. The Balaban J connectivity index is 3.27. The maximum Gasteiger partial charge on any atom is 0.237 e. The minimum absolute atomic E-state index is 0.0138. The zero-order valence-corrected chi connectivity index (χ0v) is 11.7. The average Bonchev–Trinajstić information content (AvgIpc) is 2.38. The zero-order valence-electron chi connectivity index (χ0n) is 11.7. The molecule has 0 unspecified atom stereocenters. The first kappa shape index (κ1) is 17.3.